The van der Waals surface area contributed by atoms with E-state index in [1.54, 1.807) is 5.57 Å². The van der Waals surface area contributed by atoms with Crippen molar-refractivity contribution in [3.63, 3.8) is 0 Å². The molecule has 0 radical (unpaired) electrons. The van der Waals surface area contributed by atoms with E-state index in [2.05, 4.69) is 75.7 Å². The van der Waals surface area contributed by atoms with E-state index in [0.29, 0.717) is 34.4 Å². The molecule has 0 heterocycles. The van der Waals surface area contributed by atoms with E-state index in [1.165, 1.54) is 44.9 Å². The van der Waals surface area contributed by atoms with Gasteiger partial charge in [-0.25, -0.2) is 0 Å². The Labute approximate surface area is 224 Å². The maximum atomic E-state index is 12.1. The van der Waals surface area contributed by atoms with Crippen molar-refractivity contribution in [3.05, 3.63) is 23.8 Å². The van der Waals surface area contributed by atoms with Crippen LogP contribution in [-0.2, 0) is 9.53 Å². The molecule has 0 aromatic rings. The van der Waals surface area contributed by atoms with Gasteiger partial charge in [-0.1, -0.05) is 81.3 Å². The van der Waals surface area contributed by atoms with Crippen LogP contribution in [0.1, 0.15) is 106 Å². The smallest absolute Gasteiger partial charge is 0.306 e. The molecule has 3 saturated carbocycles. The Hall–Kier alpha value is -0.570. The van der Waals surface area contributed by atoms with E-state index >= 15 is 0 Å². The summed E-state index contributed by atoms with van der Waals surface area (Å²) in [6.07, 6.45) is 19.6. The maximum absolute atomic E-state index is 12.1. The van der Waals surface area contributed by atoms with E-state index in [1.807, 2.05) is 0 Å². The number of carbonyl (C=O) groups is 1. The van der Waals surface area contributed by atoms with Gasteiger partial charge in [0.05, 0.1) is 6.42 Å². The van der Waals surface area contributed by atoms with Gasteiger partial charge in [0.15, 0.2) is 0 Å². The number of rotatable bonds is 8. The molecule has 0 unspecified atom stereocenters. The van der Waals surface area contributed by atoms with Gasteiger partial charge in [-0.15, -0.1) is 0 Å². The molecule has 4 aliphatic rings. The van der Waals surface area contributed by atoms with Crippen LogP contribution in [0.25, 0.3) is 0 Å². The fourth-order valence-corrected chi connectivity index (χ4v) is 9.56. The van der Waals surface area contributed by atoms with Gasteiger partial charge in [0.2, 0.25) is 0 Å². The average Bonchev–Trinajstić information content (AvgIpc) is 3.17. The Bertz CT molecular complexity index is 814. The standard InChI is InChI=1S/C32H51BrO2/c1-7-23(21(2)3)9-8-22(4)27-12-13-28-26-11-10-24-20-25(35-30(34)16-19-33)14-17-31(24,5)29(26)15-18-32(27,28)6/h8-10,21-23,25-29H,7,11-20H2,1-6H3/b9-8+/t22-,23-,25+,26+,27-,28+,29+,31+,32-/m1/s1. The third-order valence-corrected chi connectivity index (χ3v) is 11.7. The summed E-state index contributed by atoms with van der Waals surface area (Å²) in [5, 5.41) is 0.690. The topological polar surface area (TPSA) is 26.3 Å². The van der Waals surface area contributed by atoms with Crippen LogP contribution >= 0.6 is 15.9 Å². The lowest BCUT2D eigenvalue weighted by Gasteiger charge is -2.58. The maximum Gasteiger partial charge on any atom is 0.306 e. The summed E-state index contributed by atoms with van der Waals surface area (Å²) in [6, 6.07) is 0. The van der Waals surface area contributed by atoms with Gasteiger partial charge in [-0.2, -0.15) is 0 Å². The van der Waals surface area contributed by atoms with Gasteiger partial charge in [0, 0.05) is 11.8 Å². The summed E-state index contributed by atoms with van der Waals surface area (Å²) in [4.78, 5) is 12.1. The van der Waals surface area contributed by atoms with Crippen molar-refractivity contribution in [3.8, 4) is 0 Å². The summed E-state index contributed by atoms with van der Waals surface area (Å²) in [5.74, 6) is 5.45. The molecule has 0 aromatic carbocycles. The van der Waals surface area contributed by atoms with Crippen LogP contribution in [0.3, 0.4) is 0 Å². The van der Waals surface area contributed by atoms with Crippen LogP contribution in [0, 0.1) is 52.3 Å². The molecule has 0 aliphatic heterocycles. The first kappa shape index (κ1) is 27.5. The first-order valence-corrected chi connectivity index (χ1v) is 15.9. The number of ether oxygens (including phenoxy) is 1. The summed E-state index contributed by atoms with van der Waals surface area (Å²) < 4.78 is 5.83. The van der Waals surface area contributed by atoms with Crippen LogP contribution in [0.4, 0.5) is 0 Å². The molecule has 0 bridgehead atoms. The lowest BCUT2D eigenvalue weighted by Crippen LogP contribution is -2.51. The lowest BCUT2D eigenvalue weighted by molar-refractivity contribution is -0.151. The summed E-state index contributed by atoms with van der Waals surface area (Å²) >= 11 is 3.36. The molecule has 9 atom stereocenters. The molecule has 0 spiro atoms. The number of hydrogen-bond acceptors (Lipinski definition) is 2. The molecule has 2 nitrogen and oxygen atoms in total. The van der Waals surface area contributed by atoms with Gasteiger partial charge in [-0.3, -0.25) is 4.79 Å². The molecular weight excluding hydrogens is 496 g/mol. The van der Waals surface area contributed by atoms with Crippen molar-refractivity contribution in [2.75, 3.05) is 5.33 Å². The zero-order chi connectivity index (χ0) is 25.4. The molecule has 198 valence electrons. The van der Waals surface area contributed by atoms with Crippen LogP contribution in [0.5, 0.6) is 0 Å². The van der Waals surface area contributed by atoms with Crippen LogP contribution in [-0.4, -0.2) is 17.4 Å². The molecule has 0 aromatic heterocycles. The quantitative estimate of drug-likeness (QED) is 0.172. The molecular formula is C32H51BrO2. The first-order valence-electron chi connectivity index (χ1n) is 14.8. The summed E-state index contributed by atoms with van der Waals surface area (Å²) in [5.41, 5.74) is 2.42. The van der Waals surface area contributed by atoms with Crippen molar-refractivity contribution in [2.24, 2.45) is 52.3 Å². The Morgan fingerprint density at radius 2 is 1.89 bits per heavy atom. The zero-order valence-corrected chi connectivity index (χ0v) is 24.9. The number of carbonyl (C=O) groups excluding carboxylic acids is 1. The van der Waals surface area contributed by atoms with E-state index in [-0.39, 0.29) is 12.1 Å². The van der Waals surface area contributed by atoms with E-state index in [0.717, 1.165) is 42.4 Å². The fourth-order valence-electron chi connectivity index (χ4n) is 9.24. The van der Waals surface area contributed by atoms with E-state index in [4.69, 9.17) is 4.74 Å². The summed E-state index contributed by atoms with van der Waals surface area (Å²) in [7, 11) is 0. The highest BCUT2D eigenvalue weighted by atomic mass is 79.9. The molecule has 4 rings (SSSR count). The predicted octanol–water partition coefficient (Wildman–Crippen LogP) is 9.14. The molecule has 4 aliphatic carbocycles. The minimum absolute atomic E-state index is 0.0444. The molecule has 0 saturated heterocycles. The third-order valence-electron chi connectivity index (χ3n) is 11.4. The minimum atomic E-state index is -0.0444. The second kappa shape index (κ2) is 11.0. The number of fused-ring (bicyclic) bond motifs is 5. The van der Waals surface area contributed by atoms with Crippen LogP contribution < -0.4 is 0 Å². The Morgan fingerprint density at radius 3 is 2.57 bits per heavy atom. The number of hydrogen-bond donors (Lipinski definition) is 0. The summed E-state index contributed by atoms with van der Waals surface area (Å²) in [6.45, 7) is 14.8. The van der Waals surface area contributed by atoms with Gasteiger partial charge in [0.25, 0.3) is 0 Å². The molecule has 0 amide bonds. The van der Waals surface area contributed by atoms with Gasteiger partial charge in [-0.05, 0) is 104 Å². The van der Waals surface area contributed by atoms with Crippen molar-refractivity contribution in [1.82, 2.24) is 0 Å². The van der Waals surface area contributed by atoms with Crippen LogP contribution in [0.15, 0.2) is 23.8 Å². The average molecular weight is 548 g/mol. The second-order valence-corrected chi connectivity index (χ2v) is 14.1. The molecule has 3 heteroatoms. The lowest BCUT2D eigenvalue weighted by atomic mass is 9.47. The van der Waals surface area contributed by atoms with Crippen LogP contribution in [0.2, 0.25) is 0 Å². The van der Waals surface area contributed by atoms with Gasteiger partial charge >= 0.3 is 5.97 Å². The monoisotopic (exact) mass is 546 g/mol. The molecule has 0 N–H and O–H groups in total. The van der Waals surface area contributed by atoms with Gasteiger partial charge in [0.1, 0.15) is 6.10 Å². The van der Waals surface area contributed by atoms with Crippen molar-refractivity contribution >= 4 is 21.9 Å². The Morgan fingerprint density at radius 1 is 1.11 bits per heavy atom. The SMILES string of the molecule is CC[C@H](/C=C/[C@@H](C)[C@H]1CC[C@H]2[C@@H]3CC=C4C[C@@H](OC(=O)CCBr)CC[C@]4(C)[C@H]3CC[C@]12C)C(C)C. The highest BCUT2D eigenvalue weighted by molar-refractivity contribution is 9.09. The van der Waals surface area contributed by atoms with Crippen molar-refractivity contribution in [2.45, 2.75) is 112 Å². The number of halogens is 1. The Kier molecular flexibility index (Phi) is 8.66. The number of esters is 1. The van der Waals surface area contributed by atoms with E-state index in [9.17, 15) is 4.79 Å². The largest absolute Gasteiger partial charge is 0.462 e. The van der Waals surface area contributed by atoms with Crippen molar-refractivity contribution in [1.29, 1.82) is 0 Å². The van der Waals surface area contributed by atoms with E-state index < -0.39 is 0 Å². The highest BCUT2D eigenvalue weighted by Crippen LogP contribution is 2.67. The number of alkyl halides is 1. The fraction of sp³-hybridized carbons (Fsp3) is 0.844. The zero-order valence-electron chi connectivity index (χ0n) is 23.3. The third kappa shape index (κ3) is 5.23. The Balaban J connectivity index is 1.46. The highest BCUT2D eigenvalue weighted by Gasteiger charge is 2.59. The molecule has 35 heavy (non-hydrogen) atoms. The second-order valence-electron chi connectivity index (χ2n) is 13.3. The first-order chi connectivity index (χ1) is 16.6. The number of allylic oxidation sites excluding steroid dienone is 3. The minimum Gasteiger partial charge on any atom is -0.462 e. The van der Waals surface area contributed by atoms with Gasteiger partial charge < -0.3 is 4.74 Å². The predicted molar refractivity (Wildman–Crippen MR) is 150 cm³/mol. The van der Waals surface area contributed by atoms with Crippen molar-refractivity contribution < 1.29 is 9.53 Å². The molecule has 3 fully saturated rings. The normalized spacial score (nSPS) is 40.6.